The van der Waals surface area contributed by atoms with Crippen LogP contribution in [0.4, 0.5) is 10.2 Å². The summed E-state index contributed by atoms with van der Waals surface area (Å²) >= 11 is 0. The van der Waals surface area contributed by atoms with Gasteiger partial charge in [0.1, 0.15) is 11.6 Å². The summed E-state index contributed by atoms with van der Waals surface area (Å²) in [5, 5.41) is 4.27. The number of nitrogen functional groups attached to an aromatic ring is 1. The lowest BCUT2D eigenvalue weighted by atomic mass is 10.0. The van der Waals surface area contributed by atoms with E-state index in [2.05, 4.69) is 5.10 Å². The Labute approximate surface area is 133 Å². The maximum absolute atomic E-state index is 13.1. The molecule has 2 N–H and O–H groups in total. The molecule has 1 aromatic heterocycles. The molecule has 1 aromatic carbocycles. The van der Waals surface area contributed by atoms with Crippen molar-refractivity contribution in [2.45, 2.75) is 25.4 Å². The zero-order valence-corrected chi connectivity index (χ0v) is 12.8. The fourth-order valence-corrected chi connectivity index (χ4v) is 2.76. The Balaban J connectivity index is 2.09. The van der Waals surface area contributed by atoms with Crippen LogP contribution in [-0.4, -0.2) is 29.5 Å². The van der Waals surface area contributed by atoms with E-state index in [1.54, 1.807) is 12.1 Å². The van der Waals surface area contributed by atoms with Gasteiger partial charge in [0.15, 0.2) is 5.69 Å². The number of esters is 1. The second-order valence-electron chi connectivity index (χ2n) is 5.38. The van der Waals surface area contributed by atoms with Gasteiger partial charge in [0, 0.05) is 6.61 Å². The van der Waals surface area contributed by atoms with Crippen LogP contribution in [-0.2, 0) is 9.47 Å². The van der Waals surface area contributed by atoms with Crippen LogP contribution >= 0.6 is 0 Å². The van der Waals surface area contributed by atoms with Gasteiger partial charge in [-0.05, 0) is 43.5 Å². The summed E-state index contributed by atoms with van der Waals surface area (Å²) in [6, 6.07) is 5.71. The summed E-state index contributed by atoms with van der Waals surface area (Å²) in [6.07, 6.45) is 2.46. The van der Waals surface area contributed by atoms with Crippen LogP contribution in [0.3, 0.4) is 0 Å². The molecule has 0 amide bonds. The van der Waals surface area contributed by atoms with Gasteiger partial charge in [0.25, 0.3) is 0 Å². The van der Waals surface area contributed by atoms with E-state index in [4.69, 9.17) is 15.2 Å². The molecule has 6 nitrogen and oxygen atoms in total. The normalized spacial score (nSPS) is 17.9. The minimum atomic E-state index is -0.568. The van der Waals surface area contributed by atoms with Crippen molar-refractivity contribution in [3.8, 4) is 5.69 Å². The van der Waals surface area contributed by atoms with E-state index in [9.17, 15) is 9.18 Å². The van der Waals surface area contributed by atoms with E-state index in [-0.39, 0.29) is 17.6 Å². The number of hydrogen-bond donors (Lipinski definition) is 1. The number of carbonyl (C=O) groups excluding carboxylic acids is 1. The Morgan fingerprint density at radius 2 is 2.13 bits per heavy atom. The second kappa shape index (κ2) is 6.37. The monoisotopic (exact) mass is 319 g/mol. The Bertz CT molecular complexity index is 706. The molecule has 0 spiro atoms. The number of nitrogens with zero attached hydrogens (tertiary/aromatic N) is 2. The highest BCUT2D eigenvalue weighted by Crippen LogP contribution is 2.35. The lowest BCUT2D eigenvalue weighted by Crippen LogP contribution is -2.16. The van der Waals surface area contributed by atoms with Crippen LogP contribution in [0.15, 0.2) is 24.3 Å². The molecule has 0 radical (unpaired) electrons. The number of carbonyl (C=O) groups is 1. The molecular formula is C16H18FN3O3. The first-order chi connectivity index (χ1) is 11.1. The highest BCUT2D eigenvalue weighted by Gasteiger charge is 2.30. The molecule has 0 aliphatic carbocycles. The van der Waals surface area contributed by atoms with Crippen molar-refractivity contribution in [3.63, 3.8) is 0 Å². The molecule has 1 saturated heterocycles. The van der Waals surface area contributed by atoms with Crippen molar-refractivity contribution in [3.05, 3.63) is 41.3 Å². The molecule has 23 heavy (non-hydrogen) atoms. The van der Waals surface area contributed by atoms with Crippen molar-refractivity contribution in [2.24, 2.45) is 0 Å². The van der Waals surface area contributed by atoms with Crippen molar-refractivity contribution in [1.29, 1.82) is 0 Å². The maximum Gasteiger partial charge on any atom is 0.359 e. The molecule has 0 saturated carbocycles. The van der Waals surface area contributed by atoms with Crippen molar-refractivity contribution >= 4 is 11.8 Å². The van der Waals surface area contributed by atoms with E-state index in [1.165, 1.54) is 23.9 Å². The molecule has 3 rings (SSSR count). The summed E-state index contributed by atoms with van der Waals surface area (Å²) in [6.45, 7) is 0.618. The number of aromatic nitrogens is 2. The van der Waals surface area contributed by atoms with E-state index in [0.29, 0.717) is 23.7 Å². The molecule has 7 heteroatoms. The van der Waals surface area contributed by atoms with Crippen LogP contribution in [0.25, 0.3) is 5.69 Å². The lowest BCUT2D eigenvalue weighted by molar-refractivity contribution is 0.0140. The van der Waals surface area contributed by atoms with Gasteiger partial charge in [-0.1, -0.05) is 0 Å². The van der Waals surface area contributed by atoms with Crippen LogP contribution < -0.4 is 5.73 Å². The van der Waals surface area contributed by atoms with Gasteiger partial charge in [-0.25, -0.2) is 13.9 Å². The van der Waals surface area contributed by atoms with Gasteiger partial charge in [0.05, 0.1) is 24.5 Å². The van der Waals surface area contributed by atoms with Crippen molar-refractivity contribution < 1.29 is 18.7 Å². The SMILES string of the molecule is COC(=O)c1nn(-c2ccc(F)cc2)c(N)c1C1CCCCO1. The maximum atomic E-state index is 13.1. The first-order valence-electron chi connectivity index (χ1n) is 7.46. The molecule has 122 valence electrons. The van der Waals surface area contributed by atoms with Gasteiger partial charge in [-0.3, -0.25) is 0 Å². The van der Waals surface area contributed by atoms with Crippen LogP contribution in [0, 0.1) is 5.82 Å². The lowest BCUT2D eigenvalue weighted by Gasteiger charge is -2.22. The molecule has 0 bridgehead atoms. The van der Waals surface area contributed by atoms with Gasteiger partial charge >= 0.3 is 5.97 Å². The average Bonchev–Trinajstić information content (AvgIpc) is 2.93. The third kappa shape index (κ3) is 2.92. The zero-order valence-electron chi connectivity index (χ0n) is 12.8. The van der Waals surface area contributed by atoms with Gasteiger partial charge in [-0.2, -0.15) is 5.10 Å². The predicted molar refractivity (Wildman–Crippen MR) is 81.8 cm³/mol. The summed E-state index contributed by atoms with van der Waals surface area (Å²) in [7, 11) is 1.29. The number of hydrogen-bond acceptors (Lipinski definition) is 5. The van der Waals surface area contributed by atoms with Crippen LogP contribution in [0.2, 0.25) is 0 Å². The molecule has 1 unspecified atom stereocenters. The number of ether oxygens (including phenoxy) is 2. The first kappa shape index (κ1) is 15.5. The topological polar surface area (TPSA) is 79.4 Å². The van der Waals surface area contributed by atoms with Crippen LogP contribution in [0.1, 0.15) is 41.4 Å². The minimum Gasteiger partial charge on any atom is -0.464 e. The summed E-state index contributed by atoms with van der Waals surface area (Å²) in [5.41, 5.74) is 7.46. The minimum absolute atomic E-state index is 0.140. The smallest absolute Gasteiger partial charge is 0.359 e. The van der Waals surface area contributed by atoms with E-state index < -0.39 is 5.97 Å². The Hall–Kier alpha value is -2.41. The first-order valence-corrected chi connectivity index (χ1v) is 7.46. The number of methoxy groups -OCH3 is 1. The van der Waals surface area contributed by atoms with Crippen molar-refractivity contribution in [2.75, 3.05) is 19.5 Å². The summed E-state index contributed by atoms with van der Waals surface area (Å²) < 4.78 is 25.1. The zero-order chi connectivity index (χ0) is 16.4. The Morgan fingerprint density at radius 1 is 1.39 bits per heavy atom. The van der Waals surface area contributed by atoms with E-state index in [0.717, 1.165) is 19.3 Å². The second-order valence-corrected chi connectivity index (χ2v) is 5.38. The fourth-order valence-electron chi connectivity index (χ4n) is 2.76. The fraction of sp³-hybridized carbons (Fsp3) is 0.375. The number of anilines is 1. The standard InChI is InChI=1S/C16H18FN3O3/c1-22-16(21)14-13(12-4-2-3-9-23-12)15(18)20(19-14)11-7-5-10(17)6-8-11/h5-8,12H,2-4,9,18H2,1H3. The molecule has 1 aliphatic rings. The van der Waals surface area contributed by atoms with Gasteiger partial charge in [-0.15, -0.1) is 0 Å². The third-order valence-electron chi connectivity index (χ3n) is 3.91. The number of benzene rings is 1. The Kier molecular flexibility index (Phi) is 4.29. The molecule has 1 aliphatic heterocycles. The Morgan fingerprint density at radius 3 is 2.74 bits per heavy atom. The van der Waals surface area contributed by atoms with Gasteiger partial charge < -0.3 is 15.2 Å². The van der Waals surface area contributed by atoms with E-state index in [1.807, 2.05) is 0 Å². The van der Waals surface area contributed by atoms with Crippen molar-refractivity contribution in [1.82, 2.24) is 9.78 Å². The molecule has 2 heterocycles. The number of halogens is 1. The molecular weight excluding hydrogens is 301 g/mol. The quantitative estimate of drug-likeness (QED) is 0.880. The highest BCUT2D eigenvalue weighted by atomic mass is 19.1. The largest absolute Gasteiger partial charge is 0.464 e. The number of rotatable bonds is 3. The van der Waals surface area contributed by atoms with Crippen LogP contribution in [0.5, 0.6) is 0 Å². The summed E-state index contributed by atoms with van der Waals surface area (Å²) in [5.74, 6) is -0.617. The third-order valence-corrected chi connectivity index (χ3v) is 3.91. The average molecular weight is 319 g/mol. The number of nitrogens with two attached hydrogens (primary N) is 1. The highest BCUT2D eigenvalue weighted by molar-refractivity contribution is 5.90. The molecule has 1 atom stereocenters. The predicted octanol–water partition coefficient (Wildman–Crippen LogP) is 2.62. The van der Waals surface area contributed by atoms with Gasteiger partial charge in [0.2, 0.25) is 0 Å². The summed E-state index contributed by atoms with van der Waals surface area (Å²) in [4.78, 5) is 12.1. The molecule has 1 fully saturated rings. The van der Waals surface area contributed by atoms with E-state index >= 15 is 0 Å². The molecule has 2 aromatic rings.